The van der Waals surface area contributed by atoms with Crippen LogP contribution in [0.25, 0.3) is 0 Å². The van der Waals surface area contributed by atoms with Gasteiger partial charge in [-0.2, -0.15) is 0 Å². The molecule has 1 heterocycles. The van der Waals surface area contributed by atoms with Crippen LogP contribution in [-0.2, 0) is 0 Å². The van der Waals surface area contributed by atoms with E-state index in [9.17, 15) is 5.11 Å². The third-order valence-electron chi connectivity index (χ3n) is 4.27. The molecule has 0 amide bonds. The number of benzene rings is 1. The van der Waals surface area contributed by atoms with Crippen molar-refractivity contribution in [2.45, 2.75) is 50.7 Å². The number of hydrogen-bond acceptors (Lipinski definition) is 2. The van der Waals surface area contributed by atoms with Gasteiger partial charge in [-0.15, -0.1) is 0 Å². The van der Waals surface area contributed by atoms with Gasteiger partial charge in [-0.05, 0) is 43.4 Å². The molecule has 1 aromatic carbocycles. The molecule has 3 heteroatoms. The van der Waals surface area contributed by atoms with Gasteiger partial charge >= 0.3 is 0 Å². The quantitative estimate of drug-likeness (QED) is 0.766. The summed E-state index contributed by atoms with van der Waals surface area (Å²) in [6, 6.07) is 5.54. The fraction of sp³-hybridized carbons (Fsp3) is 0.600. The number of hydrogen-bond donors (Lipinski definition) is 1. The summed E-state index contributed by atoms with van der Waals surface area (Å²) in [5.41, 5.74) is 0.684. The molecule has 1 aromatic rings. The zero-order valence-corrected chi connectivity index (χ0v) is 11.4. The first kappa shape index (κ1) is 12.3. The van der Waals surface area contributed by atoms with Crippen LogP contribution >= 0.6 is 11.6 Å². The minimum Gasteiger partial charge on any atom is -0.487 e. The predicted molar refractivity (Wildman–Crippen MR) is 72.0 cm³/mol. The second kappa shape index (κ2) is 4.43. The first-order valence-corrected chi connectivity index (χ1v) is 7.12. The zero-order chi connectivity index (χ0) is 12.8. The van der Waals surface area contributed by atoms with Gasteiger partial charge in [-0.25, -0.2) is 0 Å². The van der Waals surface area contributed by atoms with Crippen molar-refractivity contribution in [3.63, 3.8) is 0 Å². The lowest BCUT2D eigenvalue weighted by Gasteiger charge is -2.45. The van der Waals surface area contributed by atoms with Crippen molar-refractivity contribution in [2.24, 2.45) is 5.92 Å². The largest absolute Gasteiger partial charge is 0.487 e. The van der Waals surface area contributed by atoms with Crippen molar-refractivity contribution in [2.75, 3.05) is 0 Å². The summed E-state index contributed by atoms with van der Waals surface area (Å²) in [5, 5.41) is 11.0. The van der Waals surface area contributed by atoms with E-state index in [-0.39, 0.29) is 5.60 Å². The minimum atomic E-state index is -0.447. The maximum atomic E-state index is 10.4. The maximum absolute atomic E-state index is 10.4. The molecule has 3 rings (SSSR count). The highest BCUT2D eigenvalue weighted by Gasteiger charge is 2.43. The molecule has 2 nitrogen and oxygen atoms in total. The number of aliphatic hydroxyl groups is 1. The van der Waals surface area contributed by atoms with Crippen molar-refractivity contribution in [1.82, 2.24) is 0 Å². The molecule has 0 aromatic heterocycles. The number of aliphatic hydroxyl groups excluding tert-OH is 1. The van der Waals surface area contributed by atoms with Crippen LogP contribution in [0.1, 0.15) is 50.7 Å². The van der Waals surface area contributed by atoms with Crippen LogP contribution in [0.3, 0.4) is 0 Å². The SMILES string of the molecule is CC1CCCC2(C1)C[C@H](O)c1cc(Cl)ccc1O2. The number of fused-ring (bicyclic) bond motifs is 1. The van der Waals surface area contributed by atoms with Gasteiger partial charge in [0, 0.05) is 17.0 Å². The fourth-order valence-electron chi connectivity index (χ4n) is 3.50. The second-order valence-corrected chi connectivity index (χ2v) is 6.33. The van der Waals surface area contributed by atoms with Crippen molar-refractivity contribution >= 4 is 11.6 Å². The van der Waals surface area contributed by atoms with Gasteiger partial charge in [0.1, 0.15) is 11.4 Å². The molecule has 18 heavy (non-hydrogen) atoms. The number of halogens is 1. The van der Waals surface area contributed by atoms with Crippen molar-refractivity contribution in [3.05, 3.63) is 28.8 Å². The van der Waals surface area contributed by atoms with Crippen LogP contribution in [0, 0.1) is 5.92 Å². The fourth-order valence-corrected chi connectivity index (χ4v) is 3.68. The molecule has 98 valence electrons. The van der Waals surface area contributed by atoms with Gasteiger partial charge in [-0.1, -0.05) is 24.9 Å². The average Bonchev–Trinajstić information content (AvgIpc) is 2.30. The van der Waals surface area contributed by atoms with E-state index in [1.165, 1.54) is 12.8 Å². The summed E-state index contributed by atoms with van der Waals surface area (Å²) < 4.78 is 6.24. The van der Waals surface area contributed by atoms with E-state index in [1.54, 1.807) is 0 Å². The van der Waals surface area contributed by atoms with Crippen LogP contribution in [0.4, 0.5) is 0 Å². The van der Waals surface area contributed by atoms with E-state index >= 15 is 0 Å². The van der Waals surface area contributed by atoms with Crippen LogP contribution in [0.15, 0.2) is 18.2 Å². The standard InChI is InChI=1S/C15H19ClO2/c1-10-3-2-6-15(8-10)9-13(17)12-7-11(16)4-5-14(12)18-15/h4-5,7,10,13,17H,2-3,6,8-9H2,1H3/t10?,13-,15?/m0/s1. The van der Waals surface area contributed by atoms with Gasteiger partial charge in [0.05, 0.1) is 6.10 Å². The number of ether oxygens (including phenoxy) is 1. The highest BCUT2D eigenvalue weighted by atomic mass is 35.5. The summed E-state index contributed by atoms with van der Waals surface area (Å²) in [5.74, 6) is 1.49. The molecule has 2 aliphatic rings. The zero-order valence-electron chi connectivity index (χ0n) is 10.7. The van der Waals surface area contributed by atoms with E-state index in [2.05, 4.69) is 6.92 Å². The Morgan fingerprint density at radius 1 is 1.39 bits per heavy atom. The lowest BCUT2D eigenvalue weighted by atomic mass is 9.74. The molecule has 1 aliphatic carbocycles. The van der Waals surface area contributed by atoms with E-state index in [1.807, 2.05) is 18.2 Å². The minimum absolute atomic E-state index is 0.155. The summed E-state index contributed by atoms with van der Waals surface area (Å²) in [6.07, 6.45) is 4.82. The lowest BCUT2D eigenvalue weighted by Crippen LogP contribution is -2.44. The molecule has 0 saturated heterocycles. The average molecular weight is 267 g/mol. The van der Waals surface area contributed by atoms with Gasteiger partial charge in [-0.3, -0.25) is 0 Å². The molecule has 2 unspecified atom stereocenters. The van der Waals surface area contributed by atoms with Crippen LogP contribution in [0.5, 0.6) is 5.75 Å². The Balaban J connectivity index is 1.93. The summed E-state index contributed by atoms with van der Waals surface area (Å²) in [7, 11) is 0. The molecule has 1 N–H and O–H groups in total. The van der Waals surface area contributed by atoms with Crippen LogP contribution < -0.4 is 4.74 Å². The van der Waals surface area contributed by atoms with Gasteiger partial charge < -0.3 is 9.84 Å². The van der Waals surface area contributed by atoms with Crippen LogP contribution in [0.2, 0.25) is 5.02 Å². The van der Waals surface area contributed by atoms with E-state index in [0.29, 0.717) is 17.4 Å². The topological polar surface area (TPSA) is 29.5 Å². The smallest absolute Gasteiger partial charge is 0.126 e. The monoisotopic (exact) mass is 266 g/mol. The third-order valence-corrected chi connectivity index (χ3v) is 4.51. The Hall–Kier alpha value is -0.730. The normalized spacial score (nSPS) is 35.1. The molecular formula is C15H19ClO2. The summed E-state index contributed by atoms with van der Waals surface area (Å²) in [6.45, 7) is 2.27. The van der Waals surface area contributed by atoms with Gasteiger partial charge in [0.2, 0.25) is 0 Å². The molecular weight excluding hydrogens is 248 g/mol. The van der Waals surface area contributed by atoms with Gasteiger partial charge in [0.25, 0.3) is 0 Å². The Kier molecular flexibility index (Phi) is 3.03. The molecule has 3 atom stereocenters. The second-order valence-electron chi connectivity index (χ2n) is 5.89. The molecule has 0 bridgehead atoms. The highest BCUT2D eigenvalue weighted by molar-refractivity contribution is 6.30. The lowest BCUT2D eigenvalue weighted by molar-refractivity contribution is -0.0495. The Morgan fingerprint density at radius 3 is 3.00 bits per heavy atom. The van der Waals surface area contributed by atoms with E-state index in [4.69, 9.17) is 16.3 Å². The highest BCUT2D eigenvalue weighted by Crippen LogP contribution is 2.47. The molecule has 0 radical (unpaired) electrons. The first-order chi connectivity index (χ1) is 8.58. The number of rotatable bonds is 0. The third kappa shape index (κ3) is 2.12. The van der Waals surface area contributed by atoms with Crippen molar-refractivity contribution in [1.29, 1.82) is 0 Å². The van der Waals surface area contributed by atoms with E-state index < -0.39 is 6.10 Å². The molecule has 1 aliphatic heterocycles. The first-order valence-electron chi connectivity index (χ1n) is 6.74. The maximum Gasteiger partial charge on any atom is 0.126 e. The van der Waals surface area contributed by atoms with E-state index in [0.717, 1.165) is 24.2 Å². The van der Waals surface area contributed by atoms with Crippen molar-refractivity contribution < 1.29 is 9.84 Å². The summed E-state index contributed by atoms with van der Waals surface area (Å²) >= 11 is 5.98. The Morgan fingerprint density at radius 2 is 2.22 bits per heavy atom. The molecule has 1 saturated carbocycles. The Labute approximate surface area is 113 Å². The van der Waals surface area contributed by atoms with Gasteiger partial charge in [0.15, 0.2) is 0 Å². The Bertz CT molecular complexity index is 460. The predicted octanol–water partition coefficient (Wildman–Crippen LogP) is 4.10. The van der Waals surface area contributed by atoms with Crippen molar-refractivity contribution in [3.8, 4) is 5.75 Å². The summed E-state index contributed by atoms with van der Waals surface area (Å²) in [4.78, 5) is 0. The van der Waals surface area contributed by atoms with Crippen LogP contribution in [-0.4, -0.2) is 10.7 Å². The molecule has 1 fully saturated rings. The molecule has 1 spiro atoms.